The number of esters is 1. The molecule has 0 saturated heterocycles. The van der Waals surface area contributed by atoms with E-state index in [1.807, 2.05) is 30.3 Å². The van der Waals surface area contributed by atoms with Crippen LogP contribution >= 0.6 is 15.9 Å². The molecule has 0 saturated carbocycles. The number of anilines is 1. The molecule has 0 aliphatic carbocycles. The van der Waals surface area contributed by atoms with Crippen molar-refractivity contribution in [2.45, 2.75) is 13.0 Å². The molecule has 0 aliphatic rings. The molecule has 2 rings (SSSR count). The number of rotatable bonds is 6. The second-order valence-corrected chi connectivity index (χ2v) is 5.83. The number of hydrogen-bond donors (Lipinski definition) is 1. The number of benzene rings is 2. The Morgan fingerprint density at radius 1 is 1.24 bits per heavy atom. The van der Waals surface area contributed by atoms with Crippen LogP contribution in [0.2, 0.25) is 0 Å². The van der Waals surface area contributed by atoms with Crippen molar-refractivity contribution in [1.82, 2.24) is 0 Å². The van der Waals surface area contributed by atoms with Gasteiger partial charge in [-0.15, -0.1) is 0 Å². The Morgan fingerprint density at radius 2 is 1.96 bits per heavy atom. The van der Waals surface area contributed by atoms with Crippen LogP contribution < -0.4 is 10.1 Å². The van der Waals surface area contributed by atoms with Crippen LogP contribution in [0.5, 0.6) is 5.75 Å². The number of amides is 1. The van der Waals surface area contributed by atoms with Crippen molar-refractivity contribution in [2.75, 3.05) is 12.4 Å². The van der Waals surface area contributed by atoms with E-state index in [1.165, 1.54) is 19.2 Å². The number of halogens is 1. The van der Waals surface area contributed by atoms with Crippen LogP contribution in [0, 0.1) is 11.3 Å². The quantitative estimate of drug-likeness (QED) is 0.744. The molecular weight excluding hydrogens is 388 g/mol. The molecule has 0 spiro atoms. The fourth-order valence-corrected chi connectivity index (χ4v) is 2.58. The summed E-state index contributed by atoms with van der Waals surface area (Å²) >= 11 is 3.32. The number of carbonyl (C=O) groups excluding carboxylic acids is 2. The molecule has 0 bridgehead atoms. The fourth-order valence-electron chi connectivity index (χ4n) is 2.04. The molecule has 0 atom stereocenters. The predicted octanol–water partition coefficient (Wildman–Crippen LogP) is 3.67. The molecule has 0 unspecified atom stereocenters. The molecule has 6 nitrogen and oxygen atoms in total. The van der Waals surface area contributed by atoms with Crippen LogP contribution in [0.1, 0.15) is 22.3 Å². The molecule has 0 radical (unpaired) electrons. The van der Waals surface area contributed by atoms with Gasteiger partial charge >= 0.3 is 5.97 Å². The van der Waals surface area contributed by atoms with E-state index in [-0.39, 0.29) is 18.6 Å². The lowest BCUT2D eigenvalue weighted by Gasteiger charge is -2.15. The van der Waals surface area contributed by atoms with Crippen molar-refractivity contribution < 1.29 is 19.1 Å². The van der Waals surface area contributed by atoms with E-state index in [0.29, 0.717) is 15.9 Å². The standard InChI is InChI=1S/C18H15BrN2O4/c1-24-18(23)13-9-14(19)17(21-16(22)7-8-20)15(10-13)25-11-12-5-3-2-4-6-12/h2-6,9-10H,7,11H2,1H3,(H,21,22). The first kappa shape index (κ1) is 18.5. The molecule has 0 heterocycles. The molecule has 2 aromatic carbocycles. The van der Waals surface area contributed by atoms with Crippen molar-refractivity contribution in [1.29, 1.82) is 5.26 Å². The number of nitrogens with zero attached hydrogens (tertiary/aromatic N) is 1. The zero-order chi connectivity index (χ0) is 18.2. The Labute approximate surface area is 153 Å². The van der Waals surface area contributed by atoms with E-state index in [1.54, 1.807) is 6.07 Å². The normalized spacial score (nSPS) is 9.80. The monoisotopic (exact) mass is 402 g/mol. The van der Waals surface area contributed by atoms with E-state index in [9.17, 15) is 9.59 Å². The smallest absolute Gasteiger partial charge is 0.338 e. The Kier molecular flexibility index (Phi) is 6.54. The van der Waals surface area contributed by atoms with Crippen molar-refractivity contribution in [3.8, 4) is 11.8 Å². The van der Waals surface area contributed by atoms with Gasteiger partial charge in [0, 0.05) is 4.47 Å². The van der Waals surface area contributed by atoms with Crippen LogP contribution in [0.25, 0.3) is 0 Å². The molecule has 1 N–H and O–H groups in total. The predicted molar refractivity (Wildman–Crippen MR) is 95.1 cm³/mol. The van der Waals surface area contributed by atoms with Gasteiger partial charge in [0.2, 0.25) is 5.91 Å². The lowest BCUT2D eigenvalue weighted by molar-refractivity contribution is -0.115. The SMILES string of the molecule is COC(=O)c1cc(Br)c(NC(=O)CC#N)c(OCc2ccccc2)c1. The van der Waals surface area contributed by atoms with E-state index >= 15 is 0 Å². The summed E-state index contributed by atoms with van der Waals surface area (Å²) in [5.74, 6) is -0.705. The fraction of sp³-hybridized carbons (Fsp3) is 0.167. The number of carbonyl (C=O) groups is 2. The van der Waals surface area contributed by atoms with Crippen LogP contribution in [-0.4, -0.2) is 19.0 Å². The van der Waals surface area contributed by atoms with Crippen molar-refractivity contribution in [3.05, 3.63) is 58.1 Å². The Bertz CT molecular complexity index is 816. The van der Waals surface area contributed by atoms with Gasteiger partial charge in [0.15, 0.2) is 0 Å². The number of hydrogen-bond acceptors (Lipinski definition) is 5. The third kappa shape index (κ3) is 5.06. The minimum absolute atomic E-state index is 0.249. The average Bonchev–Trinajstić information content (AvgIpc) is 2.62. The largest absolute Gasteiger partial charge is 0.487 e. The van der Waals surface area contributed by atoms with Gasteiger partial charge in [-0.1, -0.05) is 30.3 Å². The lowest BCUT2D eigenvalue weighted by Crippen LogP contribution is -2.13. The molecule has 1 amide bonds. The van der Waals surface area contributed by atoms with Gasteiger partial charge < -0.3 is 14.8 Å². The van der Waals surface area contributed by atoms with Gasteiger partial charge in [-0.2, -0.15) is 5.26 Å². The Balaban J connectivity index is 2.34. The van der Waals surface area contributed by atoms with E-state index in [2.05, 4.69) is 21.2 Å². The van der Waals surface area contributed by atoms with Crippen molar-refractivity contribution >= 4 is 33.5 Å². The summed E-state index contributed by atoms with van der Waals surface area (Å²) in [6.07, 6.45) is -0.288. The first-order chi connectivity index (χ1) is 12.0. The molecule has 0 aromatic heterocycles. The molecule has 7 heteroatoms. The minimum Gasteiger partial charge on any atom is -0.487 e. The highest BCUT2D eigenvalue weighted by Gasteiger charge is 2.17. The second kappa shape index (κ2) is 8.85. The topological polar surface area (TPSA) is 88.4 Å². The minimum atomic E-state index is -0.528. The number of nitriles is 1. The van der Waals surface area contributed by atoms with Crippen LogP contribution in [0.4, 0.5) is 5.69 Å². The van der Waals surface area contributed by atoms with Gasteiger partial charge in [-0.05, 0) is 33.6 Å². The zero-order valence-electron chi connectivity index (χ0n) is 13.4. The van der Waals surface area contributed by atoms with Crippen molar-refractivity contribution in [2.24, 2.45) is 0 Å². The summed E-state index contributed by atoms with van der Waals surface area (Å²) in [6, 6.07) is 14.2. The first-order valence-electron chi connectivity index (χ1n) is 7.30. The maximum Gasteiger partial charge on any atom is 0.338 e. The highest BCUT2D eigenvalue weighted by Crippen LogP contribution is 2.35. The number of ether oxygens (including phenoxy) is 2. The third-order valence-electron chi connectivity index (χ3n) is 3.22. The summed E-state index contributed by atoms with van der Waals surface area (Å²) in [4.78, 5) is 23.6. The van der Waals surface area contributed by atoms with E-state index in [0.717, 1.165) is 5.56 Å². The number of nitrogens with one attached hydrogen (secondary N) is 1. The molecule has 0 aliphatic heterocycles. The Hall–Kier alpha value is -2.85. The molecule has 0 fully saturated rings. The van der Waals surface area contributed by atoms with Gasteiger partial charge in [-0.25, -0.2) is 4.79 Å². The lowest BCUT2D eigenvalue weighted by atomic mass is 10.1. The van der Waals surface area contributed by atoms with Gasteiger partial charge in [0.05, 0.1) is 24.4 Å². The van der Waals surface area contributed by atoms with Gasteiger partial charge in [0.1, 0.15) is 18.8 Å². The molecular formula is C18H15BrN2O4. The first-order valence-corrected chi connectivity index (χ1v) is 8.10. The van der Waals surface area contributed by atoms with E-state index < -0.39 is 11.9 Å². The van der Waals surface area contributed by atoms with Crippen LogP contribution in [-0.2, 0) is 16.1 Å². The van der Waals surface area contributed by atoms with Crippen molar-refractivity contribution in [3.63, 3.8) is 0 Å². The summed E-state index contributed by atoms with van der Waals surface area (Å²) in [7, 11) is 1.28. The molecule has 128 valence electrons. The molecule has 2 aromatic rings. The maximum atomic E-state index is 11.8. The summed E-state index contributed by atoms with van der Waals surface area (Å²) in [6.45, 7) is 0.249. The van der Waals surface area contributed by atoms with E-state index in [4.69, 9.17) is 14.7 Å². The van der Waals surface area contributed by atoms with Gasteiger partial charge in [0.25, 0.3) is 0 Å². The maximum absolute atomic E-state index is 11.8. The molecule has 25 heavy (non-hydrogen) atoms. The highest BCUT2D eigenvalue weighted by molar-refractivity contribution is 9.10. The summed E-state index contributed by atoms with van der Waals surface area (Å²) < 4.78 is 11.0. The van der Waals surface area contributed by atoms with Crippen LogP contribution in [0.15, 0.2) is 46.9 Å². The third-order valence-corrected chi connectivity index (χ3v) is 3.84. The summed E-state index contributed by atoms with van der Waals surface area (Å²) in [5.41, 5.74) is 1.55. The Morgan fingerprint density at radius 3 is 2.60 bits per heavy atom. The summed E-state index contributed by atoms with van der Waals surface area (Å²) in [5, 5.41) is 11.3. The second-order valence-electron chi connectivity index (χ2n) is 4.98. The van der Waals surface area contributed by atoms with Crippen LogP contribution in [0.3, 0.4) is 0 Å². The highest BCUT2D eigenvalue weighted by atomic mass is 79.9. The van der Waals surface area contributed by atoms with Gasteiger partial charge in [-0.3, -0.25) is 4.79 Å². The average molecular weight is 403 g/mol. The zero-order valence-corrected chi connectivity index (χ0v) is 15.0. The number of methoxy groups -OCH3 is 1.